The van der Waals surface area contributed by atoms with Crippen molar-refractivity contribution in [2.75, 3.05) is 18.4 Å². The number of piperidine rings is 1. The fourth-order valence-corrected chi connectivity index (χ4v) is 3.61. The maximum Gasteiger partial charge on any atom is 0.229 e. The zero-order chi connectivity index (χ0) is 19.5. The van der Waals surface area contributed by atoms with Gasteiger partial charge < -0.3 is 10.2 Å². The van der Waals surface area contributed by atoms with Crippen molar-refractivity contribution in [3.8, 4) is 0 Å². The summed E-state index contributed by atoms with van der Waals surface area (Å²) in [6.45, 7) is 1.03. The molecule has 4 rings (SSSR count). The topological polar surface area (TPSA) is 78.1 Å². The lowest BCUT2D eigenvalue weighted by Gasteiger charge is -2.32. The van der Waals surface area contributed by atoms with Crippen molar-refractivity contribution in [2.45, 2.75) is 19.3 Å². The van der Waals surface area contributed by atoms with Crippen LogP contribution in [0.25, 0.3) is 10.9 Å². The van der Waals surface area contributed by atoms with Crippen LogP contribution in [0.1, 0.15) is 18.4 Å². The van der Waals surface area contributed by atoms with Crippen molar-refractivity contribution in [3.63, 3.8) is 0 Å². The number of halogens is 1. The van der Waals surface area contributed by atoms with E-state index in [0.717, 1.165) is 29.3 Å². The number of hydrogen-bond donors (Lipinski definition) is 2. The number of benzene rings is 2. The number of likely N-dealkylation sites (tertiary alicyclic amines) is 1. The number of rotatable bonds is 4. The van der Waals surface area contributed by atoms with Gasteiger partial charge in [0.2, 0.25) is 11.8 Å². The largest absolute Gasteiger partial charge is 0.342 e. The summed E-state index contributed by atoms with van der Waals surface area (Å²) in [5.41, 5.74) is 2.24. The van der Waals surface area contributed by atoms with E-state index in [4.69, 9.17) is 0 Å². The van der Waals surface area contributed by atoms with Crippen molar-refractivity contribution in [1.29, 1.82) is 0 Å². The number of H-pyrrole nitrogens is 1. The zero-order valence-electron chi connectivity index (χ0n) is 15.3. The summed E-state index contributed by atoms with van der Waals surface area (Å²) in [6.07, 6.45) is 3.44. The molecule has 0 aliphatic carbocycles. The van der Waals surface area contributed by atoms with Gasteiger partial charge in [0, 0.05) is 18.5 Å². The van der Waals surface area contributed by atoms with Crippen molar-refractivity contribution < 1.29 is 14.0 Å². The van der Waals surface area contributed by atoms with E-state index in [1.807, 2.05) is 18.2 Å². The molecular formula is C21H21FN4O2. The summed E-state index contributed by atoms with van der Waals surface area (Å²) in [4.78, 5) is 27.1. The molecule has 2 aromatic carbocycles. The van der Waals surface area contributed by atoms with Gasteiger partial charge in [-0.05, 0) is 36.6 Å². The normalized spacial score (nSPS) is 16.9. The number of carbonyl (C=O) groups excluding carboxylic acids is 2. The highest BCUT2D eigenvalue weighted by Gasteiger charge is 2.28. The van der Waals surface area contributed by atoms with Gasteiger partial charge in [0.1, 0.15) is 5.82 Å². The third-order valence-electron chi connectivity index (χ3n) is 5.15. The lowest BCUT2D eigenvalue weighted by Crippen LogP contribution is -2.44. The summed E-state index contributed by atoms with van der Waals surface area (Å²) in [6, 6.07) is 11.6. The molecule has 6 nitrogen and oxygen atoms in total. The standard InChI is InChI=1S/C21H21FN4O2/c22-17-8-6-14(7-9-17)11-19(27)26-10-2-4-16(13-26)21(28)24-18-5-1-3-15-12-23-25-20(15)18/h1,3,5-9,12,16H,2,4,10-11,13H2,(H,23,25)(H,24,28)/t16-/m1/s1. The first kappa shape index (κ1) is 18.2. The van der Waals surface area contributed by atoms with E-state index in [0.29, 0.717) is 18.8 Å². The first-order valence-corrected chi connectivity index (χ1v) is 9.35. The van der Waals surface area contributed by atoms with Gasteiger partial charge in [0.05, 0.1) is 29.7 Å². The van der Waals surface area contributed by atoms with Crippen molar-refractivity contribution in [2.24, 2.45) is 5.92 Å². The Hall–Kier alpha value is -3.22. The van der Waals surface area contributed by atoms with Crippen LogP contribution in [0.5, 0.6) is 0 Å². The molecule has 1 aliphatic heterocycles. The highest BCUT2D eigenvalue weighted by molar-refractivity contribution is 6.01. The molecule has 2 heterocycles. The Labute approximate surface area is 161 Å². The molecule has 7 heteroatoms. The summed E-state index contributed by atoms with van der Waals surface area (Å²) in [7, 11) is 0. The van der Waals surface area contributed by atoms with Gasteiger partial charge >= 0.3 is 0 Å². The highest BCUT2D eigenvalue weighted by atomic mass is 19.1. The van der Waals surface area contributed by atoms with Crippen LogP contribution in [0.3, 0.4) is 0 Å². The molecule has 0 saturated carbocycles. The summed E-state index contributed by atoms with van der Waals surface area (Å²) < 4.78 is 13.0. The van der Waals surface area contributed by atoms with Gasteiger partial charge in [0.15, 0.2) is 0 Å². The fraction of sp³-hybridized carbons (Fsp3) is 0.286. The molecule has 0 radical (unpaired) electrons. The smallest absolute Gasteiger partial charge is 0.229 e. The predicted octanol–water partition coefficient (Wildman–Crippen LogP) is 3.12. The minimum Gasteiger partial charge on any atom is -0.342 e. The van der Waals surface area contributed by atoms with Gasteiger partial charge in [-0.15, -0.1) is 0 Å². The van der Waals surface area contributed by atoms with E-state index in [1.54, 1.807) is 23.2 Å². The average Bonchev–Trinajstić information content (AvgIpc) is 3.20. The van der Waals surface area contributed by atoms with Gasteiger partial charge in [-0.1, -0.05) is 24.3 Å². The summed E-state index contributed by atoms with van der Waals surface area (Å²) in [5.74, 6) is -0.719. The van der Waals surface area contributed by atoms with Gasteiger partial charge in [-0.3, -0.25) is 14.7 Å². The van der Waals surface area contributed by atoms with Crippen molar-refractivity contribution in [1.82, 2.24) is 15.1 Å². The molecule has 3 aromatic rings. The molecule has 144 valence electrons. The number of carbonyl (C=O) groups is 2. The van der Waals surface area contributed by atoms with E-state index in [-0.39, 0.29) is 30.0 Å². The van der Waals surface area contributed by atoms with Crippen LogP contribution in [0.15, 0.2) is 48.7 Å². The quantitative estimate of drug-likeness (QED) is 0.730. The Morgan fingerprint density at radius 1 is 1.21 bits per heavy atom. The number of nitrogens with one attached hydrogen (secondary N) is 2. The molecule has 2 N–H and O–H groups in total. The number of aromatic amines is 1. The molecule has 1 atom stereocenters. The Bertz CT molecular complexity index is 999. The van der Waals surface area contributed by atoms with Crippen LogP contribution in [-0.2, 0) is 16.0 Å². The third kappa shape index (κ3) is 3.88. The maximum absolute atomic E-state index is 13.0. The van der Waals surface area contributed by atoms with Crippen molar-refractivity contribution in [3.05, 3.63) is 60.0 Å². The minimum absolute atomic E-state index is 0.0419. The first-order chi connectivity index (χ1) is 13.6. The maximum atomic E-state index is 13.0. The Kier molecular flexibility index (Phi) is 5.06. The molecule has 0 bridgehead atoms. The first-order valence-electron chi connectivity index (χ1n) is 9.35. The second kappa shape index (κ2) is 7.80. The molecular weight excluding hydrogens is 359 g/mol. The lowest BCUT2D eigenvalue weighted by atomic mass is 9.96. The molecule has 1 saturated heterocycles. The van der Waals surface area contributed by atoms with Crippen LogP contribution in [0.2, 0.25) is 0 Å². The van der Waals surface area contributed by atoms with E-state index in [9.17, 15) is 14.0 Å². The Balaban J connectivity index is 1.40. The van der Waals surface area contributed by atoms with Crippen LogP contribution in [0, 0.1) is 11.7 Å². The third-order valence-corrected chi connectivity index (χ3v) is 5.15. The predicted molar refractivity (Wildman–Crippen MR) is 104 cm³/mol. The van der Waals surface area contributed by atoms with Gasteiger partial charge in [-0.25, -0.2) is 4.39 Å². The van der Waals surface area contributed by atoms with E-state index in [1.165, 1.54) is 12.1 Å². The second-order valence-electron chi connectivity index (χ2n) is 7.11. The number of hydrogen-bond acceptors (Lipinski definition) is 3. The number of fused-ring (bicyclic) bond motifs is 1. The van der Waals surface area contributed by atoms with Crippen LogP contribution in [0.4, 0.5) is 10.1 Å². The minimum atomic E-state index is -0.321. The molecule has 28 heavy (non-hydrogen) atoms. The summed E-state index contributed by atoms with van der Waals surface area (Å²) in [5, 5.41) is 10.8. The van der Waals surface area contributed by atoms with Crippen molar-refractivity contribution >= 4 is 28.4 Å². The van der Waals surface area contributed by atoms with Gasteiger partial charge in [-0.2, -0.15) is 5.10 Å². The molecule has 0 unspecified atom stereocenters. The average molecular weight is 380 g/mol. The molecule has 0 spiro atoms. The van der Waals surface area contributed by atoms with E-state index < -0.39 is 0 Å². The highest BCUT2D eigenvalue weighted by Crippen LogP contribution is 2.24. The monoisotopic (exact) mass is 380 g/mol. The fourth-order valence-electron chi connectivity index (χ4n) is 3.61. The lowest BCUT2D eigenvalue weighted by molar-refractivity contribution is -0.133. The second-order valence-corrected chi connectivity index (χ2v) is 7.11. The number of aromatic nitrogens is 2. The molecule has 1 aliphatic rings. The number of para-hydroxylation sites is 1. The summed E-state index contributed by atoms with van der Waals surface area (Å²) >= 11 is 0. The number of anilines is 1. The van der Waals surface area contributed by atoms with Crippen LogP contribution in [-0.4, -0.2) is 40.0 Å². The number of nitrogens with zero attached hydrogens (tertiary/aromatic N) is 2. The molecule has 1 fully saturated rings. The Morgan fingerprint density at radius 2 is 2.04 bits per heavy atom. The molecule has 2 amide bonds. The van der Waals surface area contributed by atoms with E-state index in [2.05, 4.69) is 15.5 Å². The van der Waals surface area contributed by atoms with Gasteiger partial charge in [0.25, 0.3) is 0 Å². The zero-order valence-corrected chi connectivity index (χ0v) is 15.3. The van der Waals surface area contributed by atoms with Crippen LogP contribution < -0.4 is 5.32 Å². The molecule has 1 aromatic heterocycles. The van der Waals surface area contributed by atoms with E-state index >= 15 is 0 Å². The Morgan fingerprint density at radius 3 is 2.86 bits per heavy atom. The SMILES string of the molecule is O=C(Nc1cccc2cn[nH]c12)[C@@H]1CCCN(C(=O)Cc2ccc(F)cc2)C1. The van der Waals surface area contributed by atoms with Crippen LogP contribution >= 0.6 is 0 Å². The number of amides is 2.